The summed E-state index contributed by atoms with van der Waals surface area (Å²) in [6.45, 7) is 3.08. The number of benzene rings is 1. The van der Waals surface area contributed by atoms with Gasteiger partial charge in [0.05, 0.1) is 31.4 Å². The molecule has 5 heteroatoms. The number of hydrogen-bond donors (Lipinski definition) is 1. The normalized spacial score (nSPS) is 18.0. The van der Waals surface area contributed by atoms with Gasteiger partial charge in [0, 0.05) is 17.6 Å². The zero-order valence-electron chi connectivity index (χ0n) is 13.6. The van der Waals surface area contributed by atoms with Crippen LogP contribution >= 0.6 is 11.6 Å². The third-order valence-corrected chi connectivity index (χ3v) is 4.69. The number of rotatable bonds is 8. The lowest BCUT2D eigenvalue weighted by atomic mass is 10.1. The number of hydrogen-bond acceptors (Lipinski definition) is 4. The zero-order valence-corrected chi connectivity index (χ0v) is 14.4. The van der Waals surface area contributed by atoms with Gasteiger partial charge in [0.1, 0.15) is 0 Å². The Kier molecular flexibility index (Phi) is 7.32. The van der Waals surface area contributed by atoms with Gasteiger partial charge in [-0.15, -0.1) is 0 Å². The molecule has 126 valence electrons. The third kappa shape index (κ3) is 5.78. The molecular weight excluding hydrogens is 312 g/mol. The topological polar surface area (TPSA) is 56.5 Å². The zero-order chi connectivity index (χ0) is 16.7. The van der Waals surface area contributed by atoms with Crippen molar-refractivity contribution in [1.82, 2.24) is 4.90 Å². The monoisotopic (exact) mass is 336 g/mol. The SMILES string of the molecule is CC(OCC(O)CN(CC#N)C1CCCC1)c1ccc(Cl)cc1. The minimum atomic E-state index is -0.585. The van der Waals surface area contributed by atoms with Crippen LogP contribution in [0.3, 0.4) is 0 Å². The highest BCUT2D eigenvalue weighted by molar-refractivity contribution is 6.30. The molecule has 2 unspecified atom stereocenters. The second-order valence-corrected chi connectivity index (χ2v) is 6.64. The standard InChI is InChI=1S/C18H25ClN2O2/c1-14(15-6-8-16(19)9-7-15)23-13-18(22)12-21(11-10-20)17-4-2-3-5-17/h6-9,14,17-18,22H,2-5,11-13H2,1H3. The second kappa shape index (κ2) is 9.24. The maximum Gasteiger partial charge on any atom is 0.0900 e. The van der Waals surface area contributed by atoms with Gasteiger partial charge in [0.25, 0.3) is 0 Å². The molecule has 0 amide bonds. The molecular formula is C18H25ClN2O2. The maximum absolute atomic E-state index is 10.2. The first kappa shape index (κ1) is 18.2. The predicted octanol–water partition coefficient (Wildman–Crippen LogP) is 3.55. The van der Waals surface area contributed by atoms with Crippen molar-refractivity contribution < 1.29 is 9.84 Å². The van der Waals surface area contributed by atoms with Crippen molar-refractivity contribution in [1.29, 1.82) is 5.26 Å². The van der Waals surface area contributed by atoms with Crippen molar-refractivity contribution in [2.45, 2.75) is 50.9 Å². The predicted molar refractivity (Wildman–Crippen MR) is 91.3 cm³/mol. The maximum atomic E-state index is 10.2. The van der Waals surface area contributed by atoms with Gasteiger partial charge in [0.2, 0.25) is 0 Å². The Bertz CT molecular complexity index is 509. The second-order valence-electron chi connectivity index (χ2n) is 6.21. The van der Waals surface area contributed by atoms with Crippen molar-refractivity contribution in [3.05, 3.63) is 34.9 Å². The van der Waals surface area contributed by atoms with Gasteiger partial charge in [-0.2, -0.15) is 5.26 Å². The smallest absolute Gasteiger partial charge is 0.0900 e. The lowest BCUT2D eigenvalue weighted by Gasteiger charge is -2.28. The first-order chi connectivity index (χ1) is 11.1. The molecule has 2 atom stereocenters. The van der Waals surface area contributed by atoms with E-state index >= 15 is 0 Å². The Balaban J connectivity index is 1.79. The van der Waals surface area contributed by atoms with E-state index < -0.39 is 6.10 Å². The molecule has 0 bridgehead atoms. The van der Waals surface area contributed by atoms with Crippen LogP contribution < -0.4 is 0 Å². The Morgan fingerprint density at radius 1 is 1.35 bits per heavy atom. The van der Waals surface area contributed by atoms with Gasteiger partial charge < -0.3 is 9.84 Å². The highest BCUT2D eigenvalue weighted by Gasteiger charge is 2.24. The van der Waals surface area contributed by atoms with Gasteiger partial charge in [0.15, 0.2) is 0 Å². The molecule has 4 nitrogen and oxygen atoms in total. The molecule has 2 rings (SSSR count). The minimum absolute atomic E-state index is 0.0992. The van der Waals surface area contributed by atoms with Crippen LogP contribution in [0.15, 0.2) is 24.3 Å². The molecule has 1 aromatic rings. The van der Waals surface area contributed by atoms with E-state index in [1.807, 2.05) is 31.2 Å². The fourth-order valence-electron chi connectivity index (χ4n) is 3.11. The molecule has 1 aromatic carbocycles. The van der Waals surface area contributed by atoms with Crippen LogP contribution in [0, 0.1) is 11.3 Å². The number of nitrogens with zero attached hydrogens (tertiary/aromatic N) is 2. The summed E-state index contributed by atoms with van der Waals surface area (Å²) < 4.78 is 5.77. The Morgan fingerprint density at radius 2 is 2.00 bits per heavy atom. The van der Waals surface area contributed by atoms with Crippen LogP contribution in [-0.2, 0) is 4.74 Å². The number of nitriles is 1. The van der Waals surface area contributed by atoms with E-state index in [1.54, 1.807) is 0 Å². The average Bonchev–Trinajstić information content (AvgIpc) is 3.07. The molecule has 0 saturated heterocycles. The highest BCUT2D eigenvalue weighted by Crippen LogP contribution is 2.24. The molecule has 1 fully saturated rings. The largest absolute Gasteiger partial charge is 0.389 e. The number of aliphatic hydroxyl groups is 1. The van der Waals surface area contributed by atoms with Crippen molar-refractivity contribution in [2.24, 2.45) is 0 Å². The lowest BCUT2D eigenvalue weighted by molar-refractivity contribution is -0.0188. The highest BCUT2D eigenvalue weighted by atomic mass is 35.5. The molecule has 0 spiro atoms. The van der Waals surface area contributed by atoms with Crippen molar-refractivity contribution in [3.63, 3.8) is 0 Å². The summed E-state index contributed by atoms with van der Waals surface area (Å²) in [5.41, 5.74) is 1.03. The van der Waals surface area contributed by atoms with Crippen LogP contribution in [0.2, 0.25) is 5.02 Å². The van der Waals surface area contributed by atoms with E-state index in [4.69, 9.17) is 21.6 Å². The van der Waals surface area contributed by atoms with Crippen LogP contribution in [-0.4, -0.2) is 41.8 Å². The van der Waals surface area contributed by atoms with E-state index in [0.29, 0.717) is 24.2 Å². The number of aliphatic hydroxyl groups excluding tert-OH is 1. The molecule has 1 N–H and O–H groups in total. The van der Waals surface area contributed by atoms with Crippen LogP contribution in [0.4, 0.5) is 0 Å². The van der Waals surface area contributed by atoms with Gasteiger partial charge in [-0.3, -0.25) is 4.90 Å². The molecule has 0 aliphatic heterocycles. The molecule has 23 heavy (non-hydrogen) atoms. The summed E-state index contributed by atoms with van der Waals surface area (Å²) in [7, 11) is 0. The molecule has 1 aliphatic rings. The quantitative estimate of drug-likeness (QED) is 0.738. The van der Waals surface area contributed by atoms with E-state index in [2.05, 4.69) is 11.0 Å². The first-order valence-corrected chi connectivity index (χ1v) is 8.64. The number of ether oxygens (including phenoxy) is 1. The van der Waals surface area contributed by atoms with Gasteiger partial charge in [-0.25, -0.2) is 0 Å². The summed E-state index contributed by atoms with van der Waals surface area (Å²) in [6, 6.07) is 10.2. The molecule has 1 saturated carbocycles. The molecule has 0 aromatic heterocycles. The fraction of sp³-hybridized carbons (Fsp3) is 0.611. The van der Waals surface area contributed by atoms with Crippen LogP contribution in [0.25, 0.3) is 0 Å². The third-order valence-electron chi connectivity index (χ3n) is 4.44. The number of halogens is 1. The van der Waals surface area contributed by atoms with Gasteiger partial charge >= 0.3 is 0 Å². The minimum Gasteiger partial charge on any atom is -0.389 e. The van der Waals surface area contributed by atoms with E-state index in [0.717, 1.165) is 18.4 Å². The Morgan fingerprint density at radius 3 is 2.61 bits per heavy atom. The molecule has 1 aliphatic carbocycles. The summed E-state index contributed by atoms with van der Waals surface area (Å²) in [4.78, 5) is 2.09. The van der Waals surface area contributed by atoms with Crippen molar-refractivity contribution >= 4 is 11.6 Å². The summed E-state index contributed by atoms with van der Waals surface area (Å²) >= 11 is 5.88. The summed E-state index contributed by atoms with van der Waals surface area (Å²) in [6.07, 6.45) is 3.99. The summed E-state index contributed by atoms with van der Waals surface area (Å²) in [5.74, 6) is 0. The Hall–Kier alpha value is -1.12. The Labute approximate surface area is 143 Å². The van der Waals surface area contributed by atoms with Crippen molar-refractivity contribution in [3.8, 4) is 6.07 Å². The average molecular weight is 337 g/mol. The van der Waals surface area contributed by atoms with Gasteiger partial charge in [-0.05, 0) is 37.5 Å². The molecule has 0 radical (unpaired) electrons. The van der Waals surface area contributed by atoms with E-state index in [1.165, 1.54) is 12.8 Å². The summed E-state index contributed by atoms with van der Waals surface area (Å²) in [5, 5.41) is 19.9. The van der Waals surface area contributed by atoms with Crippen molar-refractivity contribution in [2.75, 3.05) is 19.7 Å². The fourth-order valence-corrected chi connectivity index (χ4v) is 3.24. The van der Waals surface area contributed by atoms with E-state index in [9.17, 15) is 5.11 Å². The van der Waals surface area contributed by atoms with E-state index in [-0.39, 0.29) is 12.7 Å². The van der Waals surface area contributed by atoms with Gasteiger partial charge in [-0.1, -0.05) is 36.6 Å². The molecule has 0 heterocycles. The lowest BCUT2D eigenvalue weighted by Crippen LogP contribution is -2.41. The van der Waals surface area contributed by atoms with Crippen LogP contribution in [0.1, 0.15) is 44.3 Å². The first-order valence-electron chi connectivity index (χ1n) is 8.26. The van der Waals surface area contributed by atoms with Crippen LogP contribution in [0.5, 0.6) is 0 Å².